The van der Waals surface area contributed by atoms with Crippen LogP contribution in [0, 0.1) is 0 Å². The minimum absolute atomic E-state index is 0.0399. The highest BCUT2D eigenvalue weighted by atomic mass is 32.2. The maximum absolute atomic E-state index is 13.3. The van der Waals surface area contributed by atoms with Crippen molar-refractivity contribution in [1.82, 2.24) is 0 Å². The topological polar surface area (TPSA) is 101 Å². The van der Waals surface area contributed by atoms with E-state index >= 15 is 0 Å². The molecule has 28 heavy (non-hydrogen) atoms. The van der Waals surface area contributed by atoms with Crippen molar-refractivity contribution >= 4 is 21.7 Å². The van der Waals surface area contributed by atoms with Gasteiger partial charge in [0.05, 0.1) is 31.9 Å². The van der Waals surface area contributed by atoms with Crippen LogP contribution in [0.5, 0.6) is 23.0 Å². The van der Waals surface area contributed by atoms with Crippen LogP contribution in [-0.2, 0) is 19.6 Å². The average Bonchev–Trinajstić information content (AvgIpc) is 3.18. The van der Waals surface area contributed by atoms with Crippen LogP contribution in [0.3, 0.4) is 0 Å². The normalized spacial score (nSPS) is 12.4. The van der Waals surface area contributed by atoms with Crippen molar-refractivity contribution in [3.8, 4) is 23.0 Å². The Balaban J connectivity index is 2.07. The number of carbonyl (C=O) groups excluding carboxylic acids is 1. The number of ether oxygens (including phenoxy) is 5. The van der Waals surface area contributed by atoms with Crippen molar-refractivity contribution in [3.63, 3.8) is 0 Å². The highest BCUT2D eigenvalue weighted by Gasteiger charge is 2.30. The third-order valence-corrected chi connectivity index (χ3v) is 5.86. The summed E-state index contributed by atoms with van der Waals surface area (Å²) in [6.45, 7) is -0.481. The number of hydrogen-bond acceptors (Lipinski definition) is 8. The van der Waals surface area contributed by atoms with Gasteiger partial charge in [-0.25, -0.2) is 8.42 Å². The lowest BCUT2D eigenvalue weighted by Crippen LogP contribution is -2.36. The van der Waals surface area contributed by atoms with Gasteiger partial charge in [0.2, 0.25) is 6.79 Å². The molecule has 1 aliphatic heterocycles. The molecule has 0 N–H and O–H groups in total. The Morgan fingerprint density at radius 3 is 2.39 bits per heavy atom. The second-order valence-electron chi connectivity index (χ2n) is 5.64. The van der Waals surface area contributed by atoms with Crippen LogP contribution in [0.4, 0.5) is 5.69 Å². The largest absolute Gasteiger partial charge is 0.493 e. The van der Waals surface area contributed by atoms with E-state index in [0.29, 0.717) is 17.2 Å². The van der Waals surface area contributed by atoms with Crippen molar-refractivity contribution in [2.24, 2.45) is 0 Å². The summed E-state index contributed by atoms with van der Waals surface area (Å²) in [4.78, 5) is 11.8. The van der Waals surface area contributed by atoms with Crippen LogP contribution in [0.15, 0.2) is 41.3 Å². The predicted molar refractivity (Wildman–Crippen MR) is 98.7 cm³/mol. The molecule has 0 spiro atoms. The van der Waals surface area contributed by atoms with E-state index in [9.17, 15) is 13.2 Å². The number of carbonyl (C=O) groups is 1. The number of nitrogens with zero attached hydrogens (tertiary/aromatic N) is 1. The molecule has 2 aromatic rings. The number of benzene rings is 2. The van der Waals surface area contributed by atoms with Crippen LogP contribution in [0.25, 0.3) is 0 Å². The first-order valence-electron chi connectivity index (χ1n) is 8.12. The molecule has 0 radical (unpaired) electrons. The van der Waals surface area contributed by atoms with Crippen LogP contribution in [0.2, 0.25) is 0 Å². The molecule has 3 rings (SSSR count). The van der Waals surface area contributed by atoms with Crippen LogP contribution >= 0.6 is 0 Å². The zero-order valence-corrected chi connectivity index (χ0v) is 16.3. The fourth-order valence-electron chi connectivity index (χ4n) is 2.64. The fourth-order valence-corrected chi connectivity index (χ4v) is 4.06. The van der Waals surface area contributed by atoms with Gasteiger partial charge in [0, 0.05) is 12.1 Å². The highest BCUT2D eigenvalue weighted by molar-refractivity contribution is 7.92. The first-order chi connectivity index (χ1) is 13.4. The minimum atomic E-state index is -4.13. The third kappa shape index (κ3) is 3.63. The molecule has 0 bridgehead atoms. The Kier molecular flexibility index (Phi) is 5.50. The molecule has 9 nitrogen and oxygen atoms in total. The molecule has 0 aromatic heterocycles. The summed E-state index contributed by atoms with van der Waals surface area (Å²) in [7, 11) is -0.102. The van der Waals surface area contributed by atoms with Crippen LogP contribution in [0.1, 0.15) is 0 Å². The van der Waals surface area contributed by atoms with Crippen molar-refractivity contribution in [2.45, 2.75) is 4.90 Å². The smallest absolute Gasteiger partial charge is 0.326 e. The van der Waals surface area contributed by atoms with Gasteiger partial charge in [-0.1, -0.05) is 0 Å². The number of methoxy groups -OCH3 is 3. The molecule has 0 fully saturated rings. The number of esters is 1. The molecule has 1 aliphatic rings. The Labute approximate surface area is 162 Å². The maximum Gasteiger partial charge on any atom is 0.326 e. The van der Waals surface area contributed by atoms with Gasteiger partial charge in [-0.05, 0) is 24.3 Å². The second-order valence-corrected chi connectivity index (χ2v) is 7.50. The van der Waals surface area contributed by atoms with E-state index in [0.717, 1.165) is 4.31 Å². The van der Waals surface area contributed by atoms with Crippen molar-refractivity contribution < 1.29 is 36.9 Å². The standard InChI is InChI=1S/C18H19NO8S/c1-23-14-7-5-13(9-16(14)24-2)28(21,22)19(10-18(20)25-3)12-4-6-15-17(8-12)27-11-26-15/h4-9H,10-11H2,1-3H3. The van der Waals surface area contributed by atoms with E-state index in [1.54, 1.807) is 6.07 Å². The Morgan fingerprint density at radius 1 is 1.00 bits per heavy atom. The molecule has 10 heteroatoms. The van der Waals surface area contributed by atoms with Crippen molar-refractivity contribution in [3.05, 3.63) is 36.4 Å². The van der Waals surface area contributed by atoms with Gasteiger partial charge in [0.1, 0.15) is 6.54 Å². The molecule has 0 unspecified atom stereocenters. The third-order valence-electron chi connectivity index (χ3n) is 4.09. The Bertz CT molecular complexity index is 989. The molecule has 0 aliphatic carbocycles. The molecule has 2 aromatic carbocycles. The maximum atomic E-state index is 13.3. The summed E-state index contributed by atoms with van der Waals surface area (Å²) in [6.07, 6.45) is 0. The van der Waals surface area contributed by atoms with Gasteiger partial charge >= 0.3 is 5.97 Å². The lowest BCUT2D eigenvalue weighted by molar-refractivity contribution is -0.138. The van der Waals surface area contributed by atoms with E-state index in [-0.39, 0.29) is 23.1 Å². The fraction of sp³-hybridized carbons (Fsp3) is 0.278. The Morgan fingerprint density at radius 2 is 1.71 bits per heavy atom. The van der Waals surface area contributed by atoms with E-state index in [2.05, 4.69) is 4.74 Å². The highest BCUT2D eigenvalue weighted by Crippen LogP contribution is 2.38. The molecular formula is C18H19NO8S. The molecule has 0 saturated carbocycles. The quantitative estimate of drug-likeness (QED) is 0.638. The first kappa shape index (κ1) is 19.6. The van der Waals surface area contributed by atoms with Gasteiger partial charge in [-0.2, -0.15) is 0 Å². The van der Waals surface area contributed by atoms with Crippen LogP contribution in [-0.4, -0.2) is 49.1 Å². The van der Waals surface area contributed by atoms with E-state index in [4.69, 9.17) is 18.9 Å². The molecule has 0 saturated heterocycles. The zero-order chi connectivity index (χ0) is 20.3. The summed E-state index contributed by atoms with van der Waals surface area (Å²) in [5.41, 5.74) is 0.226. The van der Waals surface area contributed by atoms with Crippen LogP contribution < -0.4 is 23.3 Å². The van der Waals surface area contributed by atoms with E-state index in [1.807, 2.05) is 0 Å². The SMILES string of the molecule is COC(=O)CN(c1ccc2c(c1)OCO2)S(=O)(=O)c1ccc(OC)c(OC)c1. The minimum Gasteiger partial charge on any atom is -0.493 e. The van der Waals surface area contributed by atoms with E-state index < -0.39 is 22.5 Å². The molecule has 0 amide bonds. The lowest BCUT2D eigenvalue weighted by atomic mass is 10.3. The number of anilines is 1. The van der Waals surface area contributed by atoms with Crippen molar-refractivity contribution in [1.29, 1.82) is 0 Å². The molecular weight excluding hydrogens is 390 g/mol. The summed E-state index contributed by atoms with van der Waals surface area (Å²) in [5.74, 6) is 0.776. The van der Waals surface area contributed by atoms with Gasteiger partial charge < -0.3 is 23.7 Å². The summed E-state index contributed by atoms with van der Waals surface area (Å²) >= 11 is 0. The summed E-state index contributed by atoms with van der Waals surface area (Å²) < 4.78 is 53.1. The monoisotopic (exact) mass is 409 g/mol. The van der Waals surface area contributed by atoms with Crippen molar-refractivity contribution in [2.75, 3.05) is 39.0 Å². The molecule has 1 heterocycles. The number of hydrogen-bond donors (Lipinski definition) is 0. The molecule has 150 valence electrons. The zero-order valence-electron chi connectivity index (χ0n) is 15.5. The number of fused-ring (bicyclic) bond motifs is 1. The lowest BCUT2D eigenvalue weighted by Gasteiger charge is -2.24. The average molecular weight is 409 g/mol. The van der Waals surface area contributed by atoms with Gasteiger partial charge in [-0.15, -0.1) is 0 Å². The van der Waals surface area contributed by atoms with E-state index in [1.165, 1.54) is 51.7 Å². The number of sulfonamides is 1. The second kappa shape index (κ2) is 7.85. The first-order valence-corrected chi connectivity index (χ1v) is 9.56. The number of rotatable bonds is 7. The molecule has 0 atom stereocenters. The summed E-state index contributed by atoms with van der Waals surface area (Å²) in [5, 5.41) is 0. The predicted octanol–water partition coefficient (Wildman–Crippen LogP) is 1.80. The van der Waals surface area contributed by atoms with Gasteiger partial charge in [0.15, 0.2) is 23.0 Å². The summed E-state index contributed by atoms with van der Waals surface area (Å²) in [6, 6.07) is 8.76. The van der Waals surface area contributed by atoms with Gasteiger partial charge in [0.25, 0.3) is 10.0 Å². The Hall–Kier alpha value is -3.14. The van der Waals surface area contributed by atoms with Gasteiger partial charge in [-0.3, -0.25) is 9.10 Å².